The summed E-state index contributed by atoms with van der Waals surface area (Å²) in [4.78, 5) is 13.0. The summed E-state index contributed by atoms with van der Waals surface area (Å²) in [6.45, 7) is 4.99. The molecule has 0 spiro atoms. The molecule has 1 aliphatic heterocycles. The molecule has 0 amide bonds. The summed E-state index contributed by atoms with van der Waals surface area (Å²) < 4.78 is 0. The van der Waals surface area contributed by atoms with Gasteiger partial charge in [0.1, 0.15) is 0 Å². The van der Waals surface area contributed by atoms with Crippen molar-refractivity contribution >= 4 is 5.97 Å². The average Bonchev–Trinajstić information content (AvgIpc) is 2.22. The largest absolute Gasteiger partial charge is 0.481 e. The highest BCUT2D eigenvalue weighted by Crippen LogP contribution is 2.32. The fourth-order valence-electron chi connectivity index (χ4n) is 3.18. The summed E-state index contributed by atoms with van der Waals surface area (Å²) in [5.41, 5.74) is 0. The van der Waals surface area contributed by atoms with E-state index in [1.165, 1.54) is 32.1 Å². The van der Waals surface area contributed by atoms with Crippen LogP contribution in [0.3, 0.4) is 0 Å². The predicted octanol–water partition coefficient (Wildman–Crippen LogP) is 2.22. The van der Waals surface area contributed by atoms with E-state index in [2.05, 4.69) is 11.8 Å². The molecule has 1 heterocycles. The van der Waals surface area contributed by atoms with Gasteiger partial charge in [-0.2, -0.15) is 0 Å². The van der Waals surface area contributed by atoms with Gasteiger partial charge in [0.2, 0.25) is 0 Å². The van der Waals surface area contributed by atoms with Gasteiger partial charge in [0.15, 0.2) is 0 Å². The molecule has 2 unspecified atom stereocenters. The van der Waals surface area contributed by atoms with Crippen molar-refractivity contribution < 1.29 is 9.90 Å². The number of hydrogen-bond donors (Lipinski definition) is 1. The Kier molecular flexibility index (Phi) is 3.85. The van der Waals surface area contributed by atoms with Crippen LogP contribution in [0.2, 0.25) is 0 Å². The Bertz CT molecular complexity index is 248. The van der Waals surface area contributed by atoms with Crippen molar-refractivity contribution in [2.24, 2.45) is 17.8 Å². The molecule has 2 aliphatic rings. The maximum atomic E-state index is 10.7. The molecule has 16 heavy (non-hydrogen) atoms. The lowest BCUT2D eigenvalue weighted by Gasteiger charge is -2.40. The third-order valence-corrected chi connectivity index (χ3v) is 4.29. The van der Waals surface area contributed by atoms with Crippen molar-refractivity contribution in [1.82, 2.24) is 4.90 Å². The normalized spacial score (nSPS) is 32.3. The summed E-state index contributed by atoms with van der Waals surface area (Å²) in [6.07, 6.45) is 6.81. The van der Waals surface area contributed by atoms with E-state index in [1.54, 1.807) is 0 Å². The zero-order chi connectivity index (χ0) is 11.5. The minimum atomic E-state index is -0.619. The molecule has 1 saturated carbocycles. The number of rotatable bonds is 4. The van der Waals surface area contributed by atoms with Gasteiger partial charge in [0, 0.05) is 19.6 Å². The van der Waals surface area contributed by atoms with E-state index in [1.807, 2.05) is 0 Å². The van der Waals surface area contributed by atoms with Gasteiger partial charge in [-0.3, -0.25) is 4.79 Å². The van der Waals surface area contributed by atoms with Crippen LogP contribution in [-0.4, -0.2) is 35.6 Å². The minimum absolute atomic E-state index is 0.0921. The number of aliphatic carboxylic acids is 1. The molecule has 0 bridgehead atoms. The Morgan fingerprint density at radius 2 is 2.00 bits per heavy atom. The van der Waals surface area contributed by atoms with E-state index in [0.29, 0.717) is 0 Å². The number of carboxylic acid groups (broad SMARTS) is 1. The van der Waals surface area contributed by atoms with Gasteiger partial charge in [-0.1, -0.05) is 26.2 Å². The molecule has 0 aromatic rings. The van der Waals surface area contributed by atoms with Crippen LogP contribution in [0.15, 0.2) is 0 Å². The van der Waals surface area contributed by atoms with Crippen LogP contribution in [0.1, 0.15) is 39.0 Å². The van der Waals surface area contributed by atoms with Gasteiger partial charge in [-0.25, -0.2) is 0 Å². The van der Waals surface area contributed by atoms with Crippen LogP contribution in [-0.2, 0) is 4.79 Å². The molecule has 1 saturated heterocycles. The van der Waals surface area contributed by atoms with Crippen molar-refractivity contribution in [3.05, 3.63) is 0 Å². The van der Waals surface area contributed by atoms with Gasteiger partial charge in [0.05, 0.1) is 5.92 Å². The smallest absolute Gasteiger partial charge is 0.309 e. The molecule has 1 N–H and O–H groups in total. The summed E-state index contributed by atoms with van der Waals surface area (Å²) >= 11 is 0. The number of carbonyl (C=O) groups is 1. The fraction of sp³-hybridized carbons (Fsp3) is 0.923. The van der Waals surface area contributed by atoms with Gasteiger partial charge >= 0.3 is 5.97 Å². The molecular formula is C13H23NO2. The molecule has 2 fully saturated rings. The third kappa shape index (κ3) is 2.76. The van der Waals surface area contributed by atoms with Crippen molar-refractivity contribution in [3.63, 3.8) is 0 Å². The summed E-state index contributed by atoms with van der Waals surface area (Å²) in [6, 6.07) is 0. The standard InChI is InChI=1S/C13H23NO2/c1-2-10-4-3-5-11(6-10)7-14-8-12(9-14)13(15)16/h10-12H,2-9H2,1H3,(H,15,16). The molecule has 3 nitrogen and oxygen atoms in total. The molecule has 0 aromatic heterocycles. The number of carboxylic acids is 1. The first-order valence-corrected chi connectivity index (χ1v) is 6.64. The first-order valence-electron chi connectivity index (χ1n) is 6.64. The lowest BCUT2D eigenvalue weighted by Crippen LogP contribution is -2.52. The molecule has 0 radical (unpaired) electrons. The summed E-state index contributed by atoms with van der Waals surface area (Å²) in [7, 11) is 0. The topological polar surface area (TPSA) is 40.5 Å². The van der Waals surface area contributed by atoms with Crippen LogP contribution in [0.25, 0.3) is 0 Å². The zero-order valence-corrected chi connectivity index (χ0v) is 10.2. The molecule has 2 atom stereocenters. The van der Waals surface area contributed by atoms with Crippen molar-refractivity contribution in [2.45, 2.75) is 39.0 Å². The van der Waals surface area contributed by atoms with E-state index in [0.717, 1.165) is 31.5 Å². The maximum Gasteiger partial charge on any atom is 0.309 e. The Labute approximate surface area is 97.8 Å². The molecule has 3 heteroatoms. The number of likely N-dealkylation sites (tertiary alicyclic amines) is 1. The SMILES string of the molecule is CCC1CCCC(CN2CC(C(=O)O)C2)C1. The van der Waals surface area contributed by atoms with Gasteiger partial charge in [-0.05, 0) is 24.7 Å². The van der Waals surface area contributed by atoms with Crippen LogP contribution in [0.4, 0.5) is 0 Å². The Morgan fingerprint density at radius 3 is 2.62 bits per heavy atom. The highest BCUT2D eigenvalue weighted by Gasteiger charge is 2.34. The van der Waals surface area contributed by atoms with Gasteiger partial charge in [-0.15, -0.1) is 0 Å². The average molecular weight is 225 g/mol. The maximum absolute atomic E-state index is 10.7. The predicted molar refractivity (Wildman–Crippen MR) is 63.3 cm³/mol. The van der Waals surface area contributed by atoms with E-state index >= 15 is 0 Å². The quantitative estimate of drug-likeness (QED) is 0.797. The molecule has 92 valence electrons. The van der Waals surface area contributed by atoms with Crippen molar-refractivity contribution in [1.29, 1.82) is 0 Å². The Hall–Kier alpha value is -0.570. The highest BCUT2D eigenvalue weighted by molar-refractivity contribution is 5.71. The summed E-state index contributed by atoms with van der Waals surface area (Å²) in [5, 5.41) is 8.81. The Morgan fingerprint density at radius 1 is 1.31 bits per heavy atom. The van der Waals surface area contributed by atoms with Crippen molar-refractivity contribution in [2.75, 3.05) is 19.6 Å². The zero-order valence-electron chi connectivity index (χ0n) is 10.2. The van der Waals surface area contributed by atoms with E-state index in [4.69, 9.17) is 5.11 Å². The van der Waals surface area contributed by atoms with Crippen molar-refractivity contribution in [3.8, 4) is 0 Å². The third-order valence-electron chi connectivity index (χ3n) is 4.29. The lowest BCUT2D eigenvalue weighted by molar-refractivity contribution is -0.147. The Balaban J connectivity index is 1.69. The molecular weight excluding hydrogens is 202 g/mol. The monoisotopic (exact) mass is 225 g/mol. The van der Waals surface area contributed by atoms with Crippen LogP contribution >= 0.6 is 0 Å². The fourth-order valence-corrected chi connectivity index (χ4v) is 3.18. The van der Waals surface area contributed by atoms with Gasteiger partial charge in [0.25, 0.3) is 0 Å². The van der Waals surface area contributed by atoms with Crippen LogP contribution < -0.4 is 0 Å². The highest BCUT2D eigenvalue weighted by atomic mass is 16.4. The second kappa shape index (κ2) is 5.17. The van der Waals surface area contributed by atoms with Crippen LogP contribution in [0.5, 0.6) is 0 Å². The first-order chi connectivity index (χ1) is 7.69. The van der Waals surface area contributed by atoms with Gasteiger partial charge < -0.3 is 10.0 Å². The van der Waals surface area contributed by atoms with E-state index in [9.17, 15) is 4.79 Å². The minimum Gasteiger partial charge on any atom is -0.481 e. The number of nitrogens with zero attached hydrogens (tertiary/aromatic N) is 1. The second-order valence-electron chi connectivity index (χ2n) is 5.56. The van der Waals surface area contributed by atoms with E-state index in [-0.39, 0.29) is 5.92 Å². The second-order valence-corrected chi connectivity index (χ2v) is 5.56. The summed E-state index contributed by atoms with van der Waals surface area (Å²) in [5.74, 6) is 1.04. The molecule has 1 aliphatic carbocycles. The van der Waals surface area contributed by atoms with E-state index < -0.39 is 5.97 Å². The molecule has 0 aromatic carbocycles. The first kappa shape index (κ1) is 11.9. The number of hydrogen-bond acceptors (Lipinski definition) is 2. The molecule has 2 rings (SSSR count). The lowest BCUT2D eigenvalue weighted by atomic mass is 9.79. The van der Waals surface area contributed by atoms with Crippen LogP contribution in [0, 0.1) is 17.8 Å².